The third-order valence-corrected chi connectivity index (χ3v) is 10.3. The molecule has 0 aliphatic carbocycles. The van der Waals surface area contributed by atoms with Gasteiger partial charge in [-0.05, 0) is 88.6 Å². The van der Waals surface area contributed by atoms with Gasteiger partial charge in [0.2, 0.25) is 36.0 Å². The zero-order valence-electron chi connectivity index (χ0n) is 36.7. The molecule has 17 heteroatoms. The van der Waals surface area contributed by atoms with Gasteiger partial charge in [-0.25, -0.2) is 4.98 Å². The van der Waals surface area contributed by atoms with E-state index in [4.69, 9.17) is 0 Å². The average Bonchev–Trinajstić information content (AvgIpc) is 3.69. The van der Waals surface area contributed by atoms with E-state index in [1.807, 2.05) is 53.7 Å². The first-order valence-corrected chi connectivity index (χ1v) is 20.3. The Morgan fingerprint density at radius 1 is 0.967 bits per heavy atom. The lowest BCUT2D eigenvalue weighted by Gasteiger charge is -2.33. The molecular formula is C43H61N11O6. The largest absolute Gasteiger partial charge is 0.381 e. The molecule has 6 amide bonds. The zero-order chi connectivity index (χ0) is 44.5. The fourth-order valence-corrected chi connectivity index (χ4v) is 6.76. The maximum atomic E-state index is 14.1. The Hall–Kier alpha value is -6.13. The number of pyridine rings is 1. The first-order chi connectivity index (χ1) is 28.2. The minimum Gasteiger partial charge on any atom is -0.381 e. The van der Waals surface area contributed by atoms with Gasteiger partial charge in [0.1, 0.15) is 29.5 Å². The third kappa shape index (κ3) is 12.0. The third-order valence-electron chi connectivity index (χ3n) is 10.3. The second kappa shape index (κ2) is 20.2. The lowest BCUT2D eigenvalue weighted by atomic mass is 9.98. The second-order valence-electron chi connectivity index (χ2n) is 16.8. The van der Waals surface area contributed by atoms with E-state index < -0.39 is 47.3 Å². The van der Waals surface area contributed by atoms with Gasteiger partial charge in [0.25, 0.3) is 5.91 Å². The van der Waals surface area contributed by atoms with Crippen molar-refractivity contribution in [3.8, 4) is 0 Å². The van der Waals surface area contributed by atoms with Crippen molar-refractivity contribution in [2.45, 2.75) is 105 Å². The molecule has 1 aliphatic heterocycles. The topological polar surface area (TPSA) is 211 Å². The molecule has 0 unspecified atom stereocenters. The number of carbonyl (C=O) groups is 6. The first kappa shape index (κ1) is 46.6. The fourth-order valence-electron chi connectivity index (χ4n) is 6.76. The quantitative estimate of drug-likeness (QED) is 0.117. The highest BCUT2D eigenvalue weighted by Crippen LogP contribution is 2.25. The molecule has 5 N–H and O–H groups in total. The maximum absolute atomic E-state index is 14.1. The van der Waals surface area contributed by atoms with Crippen LogP contribution in [0, 0.1) is 25.7 Å². The Balaban J connectivity index is 1.45. The first-order valence-electron chi connectivity index (χ1n) is 20.3. The number of likely N-dealkylation sites (N-methyl/N-ethyl adjacent to an activating group) is 1. The van der Waals surface area contributed by atoms with Gasteiger partial charge in [0.05, 0.1) is 11.9 Å². The van der Waals surface area contributed by atoms with Crippen molar-refractivity contribution < 1.29 is 28.8 Å². The van der Waals surface area contributed by atoms with Gasteiger partial charge in [-0.2, -0.15) is 4.98 Å². The molecule has 4 rings (SSSR count). The van der Waals surface area contributed by atoms with Gasteiger partial charge in [0, 0.05) is 62.9 Å². The molecular weight excluding hydrogens is 767 g/mol. The second-order valence-corrected chi connectivity index (χ2v) is 16.8. The van der Waals surface area contributed by atoms with Crippen LogP contribution in [0.15, 0.2) is 42.7 Å². The Morgan fingerprint density at radius 3 is 2.30 bits per heavy atom. The van der Waals surface area contributed by atoms with E-state index in [9.17, 15) is 28.8 Å². The molecule has 0 saturated carbocycles. The summed E-state index contributed by atoms with van der Waals surface area (Å²) in [7, 11) is 4.84. The number of anilines is 4. The molecule has 17 nitrogen and oxygen atoms in total. The van der Waals surface area contributed by atoms with Crippen LogP contribution in [0.1, 0.15) is 88.0 Å². The number of benzene rings is 1. The SMILES string of the molecule is Cc1ccc(Nc2ncc(CNc3cc(C(=O)N[C@H](C(=O)N4CCC[C@H]4C(=O)NC(C)(C)C(=O)N[C@@H](CC(C)C)C(=O)N(C)C)C(C)C)ccc3C)c(N(C)C=O)n2)cn1. The number of nitrogens with one attached hydrogen (secondary N) is 5. The standard InChI is InChI=1S/C43H61N11O6/c1-25(2)19-33(39(58)52(9)10)48-41(60)43(7,8)51-38(57)34-13-12-18-54(34)40(59)35(26(3)4)49-37(56)29-16-14-27(5)32(20-29)45-21-30-22-46-42(50-36(30)53(11)24-55)47-31-17-15-28(6)44-23-31/h14-17,20,22-26,33-35,45H,12-13,18-19,21H2,1-11H3,(H,48,60)(H,49,56)(H,51,57)(H,46,47,50)/t33-,34-,35-/m0/s1. The van der Waals surface area contributed by atoms with Crippen molar-refractivity contribution in [2.24, 2.45) is 11.8 Å². The van der Waals surface area contributed by atoms with Crippen molar-refractivity contribution in [3.63, 3.8) is 0 Å². The van der Waals surface area contributed by atoms with Crippen LogP contribution < -0.4 is 31.5 Å². The van der Waals surface area contributed by atoms with Gasteiger partial charge in [-0.1, -0.05) is 33.8 Å². The van der Waals surface area contributed by atoms with Crippen LogP contribution in [0.4, 0.5) is 23.1 Å². The summed E-state index contributed by atoms with van der Waals surface area (Å²) in [5.41, 5.74) is 2.59. The van der Waals surface area contributed by atoms with E-state index >= 15 is 0 Å². The number of hydrogen-bond donors (Lipinski definition) is 5. The molecule has 3 atom stereocenters. The number of amides is 6. The molecule has 324 valence electrons. The smallest absolute Gasteiger partial charge is 0.252 e. The summed E-state index contributed by atoms with van der Waals surface area (Å²) in [6.45, 7) is 15.0. The molecule has 60 heavy (non-hydrogen) atoms. The van der Waals surface area contributed by atoms with E-state index in [-0.39, 0.29) is 30.2 Å². The van der Waals surface area contributed by atoms with E-state index in [2.05, 4.69) is 41.5 Å². The summed E-state index contributed by atoms with van der Waals surface area (Å²) in [6, 6.07) is 6.30. The summed E-state index contributed by atoms with van der Waals surface area (Å²) in [6.07, 6.45) is 5.31. The molecule has 1 fully saturated rings. The molecule has 1 aliphatic rings. The molecule has 3 aromatic rings. The minimum atomic E-state index is -1.39. The number of nitrogens with zero attached hydrogens (tertiary/aromatic N) is 6. The minimum absolute atomic E-state index is 0.135. The fraction of sp³-hybridized carbons (Fsp3) is 0.512. The normalized spacial score (nSPS) is 14.9. The molecule has 0 bridgehead atoms. The highest BCUT2D eigenvalue weighted by atomic mass is 16.2. The molecule has 0 radical (unpaired) electrons. The monoisotopic (exact) mass is 827 g/mol. The summed E-state index contributed by atoms with van der Waals surface area (Å²) in [5.74, 6) is -1.65. The van der Waals surface area contributed by atoms with Crippen molar-refractivity contribution >= 4 is 59.1 Å². The maximum Gasteiger partial charge on any atom is 0.252 e. The lowest BCUT2D eigenvalue weighted by Crippen LogP contribution is -2.62. The van der Waals surface area contributed by atoms with Crippen LogP contribution in [0.5, 0.6) is 0 Å². The molecule has 2 aromatic heterocycles. The summed E-state index contributed by atoms with van der Waals surface area (Å²) >= 11 is 0. The summed E-state index contributed by atoms with van der Waals surface area (Å²) in [4.78, 5) is 97.3. The van der Waals surface area contributed by atoms with Crippen LogP contribution in [0.25, 0.3) is 0 Å². The number of rotatable bonds is 18. The van der Waals surface area contributed by atoms with Crippen LogP contribution in [0.3, 0.4) is 0 Å². The zero-order valence-corrected chi connectivity index (χ0v) is 36.7. The number of aryl methyl sites for hydroxylation is 2. The molecule has 1 aromatic carbocycles. The van der Waals surface area contributed by atoms with Gasteiger partial charge >= 0.3 is 0 Å². The summed E-state index contributed by atoms with van der Waals surface area (Å²) < 4.78 is 0. The molecule has 3 heterocycles. The summed E-state index contributed by atoms with van der Waals surface area (Å²) in [5, 5.41) is 15.0. The van der Waals surface area contributed by atoms with E-state index in [0.29, 0.717) is 60.5 Å². The van der Waals surface area contributed by atoms with Crippen LogP contribution in [0.2, 0.25) is 0 Å². The van der Waals surface area contributed by atoms with Crippen LogP contribution >= 0.6 is 0 Å². The lowest BCUT2D eigenvalue weighted by molar-refractivity contribution is -0.143. The Kier molecular flexibility index (Phi) is 15.7. The van der Waals surface area contributed by atoms with Gasteiger partial charge in [-0.3, -0.25) is 33.8 Å². The predicted molar refractivity (Wildman–Crippen MR) is 230 cm³/mol. The van der Waals surface area contributed by atoms with Gasteiger partial charge in [-0.15, -0.1) is 0 Å². The molecule has 0 spiro atoms. The Labute approximate surface area is 352 Å². The van der Waals surface area contributed by atoms with Crippen LogP contribution in [-0.2, 0) is 30.5 Å². The van der Waals surface area contributed by atoms with Gasteiger partial charge in [0.15, 0.2) is 0 Å². The van der Waals surface area contributed by atoms with Crippen molar-refractivity contribution in [3.05, 3.63) is 65.1 Å². The highest BCUT2D eigenvalue weighted by molar-refractivity contribution is 6.00. The number of likely N-dealkylation sites (tertiary alicyclic amines) is 1. The van der Waals surface area contributed by atoms with E-state index in [0.717, 1.165) is 11.3 Å². The highest BCUT2D eigenvalue weighted by Gasteiger charge is 2.42. The number of carbonyl (C=O) groups excluding carboxylic acids is 6. The number of hydrogen-bond acceptors (Lipinski definition) is 11. The van der Waals surface area contributed by atoms with Crippen molar-refractivity contribution in [1.29, 1.82) is 0 Å². The van der Waals surface area contributed by atoms with Crippen molar-refractivity contribution in [1.82, 2.24) is 40.7 Å². The van der Waals surface area contributed by atoms with E-state index in [1.165, 1.54) is 14.7 Å². The predicted octanol–water partition coefficient (Wildman–Crippen LogP) is 3.70. The van der Waals surface area contributed by atoms with Gasteiger partial charge < -0.3 is 41.3 Å². The Bertz CT molecular complexity index is 2040. The van der Waals surface area contributed by atoms with Crippen molar-refractivity contribution in [2.75, 3.05) is 43.2 Å². The average molecular weight is 828 g/mol. The molecule has 1 saturated heterocycles. The Morgan fingerprint density at radius 2 is 1.68 bits per heavy atom. The number of aromatic nitrogens is 3. The van der Waals surface area contributed by atoms with Crippen LogP contribution in [-0.4, -0.2) is 112 Å². The van der Waals surface area contributed by atoms with E-state index in [1.54, 1.807) is 65.6 Å².